The molecule has 4 aromatic heterocycles. The predicted octanol–water partition coefficient (Wildman–Crippen LogP) is 12.2. The summed E-state index contributed by atoms with van der Waals surface area (Å²) in [4.78, 5) is 35.2. The standard InChI is InChI=1S/C25H25N3.C15H12N2O.C10H15N/c1-4-17-9-7-10-18(5-2)23(17)27-21(6-3)22-15-14-20-13-12-19-11-8-16-26-24(19)25(20)28-22;1-2-13(18)12-8-7-11-6-5-10-4-3-9-16-14(10)15(11)17-12;1-3-8-6-5-7-9(4-2)10(8)11/h7-16H,4-6H2,1-3H3;3-9H,2H2,1H3;5-7H,3-4,11H2,1-2H3. The fraction of sp³-hybridized carbons (Fsp3) is 0.240. The first-order chi connectivity index (χ1) is 27.8. The average molecular weight is 753 g/mol. The number of fused-ring (bicyclic) bond motifs is 6. The number of hydrogen-bond donors (Lipinski definition) is 1. The van der Waals surface area contributed by atoms with E-state index in [9.17, 15) is 4.79 Å². The van der Waals surface area contributed by atoms with E-state index in [1.54, 1.807) is 12.3 Å². The van der Waals surface area contributed by atoms with Gasteiger partial charge in [-0.3, -0.25) is 19.8 Å². The molecule has 288 valence electrons. The molecule has 0 atom stereocenters. The SMILES string of the molecule is CCC(=Nc1c(CC)cccc1CC)c1ccc2ccc3cccnc3c2n1.CCC(=O)c1ccc2ccc3cccnc3c2n1.CCc1cccc(CC)c1N. The first-order valence-electron chi connectivity index (χ1n) is 20.2. The Labute approximate surface area is 336 Å². The number of para-hydroxylation sites is 2. The highest BCUT2D eigenvalue weighted by molar-refractivity contribution is 6.07. The molecule has 4 aromatic carbocycles. The van der Waals surface area contributed by atoms with Gasteiger partial charge in [-0.2, -0.15) is 0 Å². The van der Waals surface area contributed by atoms with E-state index in [4.69, 9.17) is 15.7 Å². The topological polar surface area (TPSA) is 107 Å². The molecule has 2 N–H and O–H groups in total. The van der Waals surface area contributed by atoms with E-state index in [2.05, 4.69) is 116 Å². The van der Waals surface area contributed by atoms with Crippen molar-refractivity contribution in [3.8, 4) is 0 Å². The maximum absolute atomic E-state index is 11.7. The first-order valence-corrected chi connectivity index (χ1v) is 20.2. The molecule has 0 radical (unpaired) electrons. The molecule has 0 fully saturated rings. The second-order valence-electron chi connectivity index (χ2n) is 13.8. The molecule has 0 aliphatic heterocycles. The lowest BCUT2D eigenvalue weighted by Gasteiger charge is -2.12. The molecule has 0 spiro atoms. The number of nitrogen functional groups attached to an aromatic ring is 1. The molecule has 0 saturated carbocycles. The number of carbonyl (C=O) groups excluding carboxylic acids is 1. The summed E-state index contributed by atoms with van der Waals surface area (Å²) in [5, 5.41) is 4.26. The summed E-state index contributed by atoms with van der Waals surface area (Å²) < 4.78 is 0. The van der Waals surface area contributed by atoms with Gasteiger partial charge in [0.2, 0.25) is 0 Å². The Morgan fingerprint density at radius 2 is 0.912 bits per heavy atom. The van der Waals surface area contributed by atoms with E-state index in [1.807, 2.05) is 49.5 Å². The van der Waals surface area contributed by atoms with E-state index >= 15 is 0 Å². The van der Waals surface area contributed by atoms with Crippen LogP contribution in [0, 0.1) is 0 Å². The smallest absolute Gasteiger partial charge is 0.180 e. The number of hydrogen-bond acceptors (Lipinski definition) is 7. The van der Waals surface area contributed by atoms with Crippen LogP contribution in [-0.4, -0.2) is 31.4 Å². The maximum atomic E-state index is 11.7. The van der Waals surface area contributed by atoms with Crippen molar-refractivity contribution in [3.63, 3.8) is 0 Å². The molecular weight excluding hydrogens is 701 g/mol. The van der Waals surface area contributed by atoms with Gasteiger partial charge >= 0.3 is 0 Å². The molecule has 7 heteroatoms. The zero-order valence-electron chi connectivity index (χ0n) is 34.0. The van der Waals surface area contributed by atoms with Crippen LogP contribution in [0.3, 0.4) is 0 Å². The Morgan fingerprint density at radius 1 is 0.491 bits per heavy atom. The molecule has 57 heavy (non-hydrogen) atoms. The van der Waals surface area contributed by atoms with Crippen LogP contribution in [0.25, 0.3) is 43.6 Å². The van der Waals surface area contributed by atoms with Crippen LogP contribution < -0.4 is 5.73 Å². The average Bonchev–Trinajstić information content (AvgIpc) is 3.27. The number of aliphatic imine (C=N–C) groups is 1. The second kappa shape index (κ2) is 19.0. The summed E-state index contributed by atoms with van der Waals surface area (Å²) in [5.41, 5.74) is 19.1. The third-order valence-corrected chi connectivity index (χ3v) is 10.4. The number of benzene rings is 4. The summed E-state index contributed by atoms with van der Waals surface area (Å²) in [7, 11) is 0. The van der Waals surface area contributed by atoms with Crippen LogP contribution in [0.2, 0.25) is 0 Å². The highest BCUT2D eigenvalue weighted by atomic mass is 16.1. The second-order valence-corrected chi connectivity index (χ2v) is 13.8. The van der Waals surface area contributed by atoms with Gasteiger partial charge in [-0.25, -0.2) is 9.97 Å². The van der Waals surface area contributed by atoms with Crippen molar-refractivity contribution in [2.45, 2.75) is 80.1 Å². The number of Topliss-reactive ketones (excluding diaryl/α,β-unsaturated/α-hetero) is 1. The zero-order chi connectivity index (χ0) is 40.3. The van der Waals surface area contributed by atoms with E-state index in [0.717, 1.165) is 98.5 Å². The number of aryl methyl sites for hydroxylation is 4. The van der Waals surface area contributed by atoms with Crippen molar-refractivity contribution >= 4 is 66.5 Å². The van der Waals surface area contributed by atoms with Gasteiger partial charge in [0.15, 0.2) is 5.78 Å². The molecule has 0 amide bonds. The lowest BCUT2D eigenvalue weighted by molar-refractivity contribution is 0.0983. The molecular formula is C50H52N6O. The van der Waals surface area contributed by atoms with Gasteiger partial charge in [0.05, 0.1) is 39.2 Å². The van der Waals surface area contributed by atoms with Crippen molar-refractivity contribution < 1.29 is 4.79 Å². The van der Waals surface area contributed by atoms with Crippen LogP contribution >= 0.6 is 0 Å². The summed E-state index contributed by atoms with van der Waals surface area (Å²) in [6, 6.07) is 36.9. The highest BCUT2D eigenvalue weighted by Gasteiger charge is 2.12. The minimum Gasteiger partial charge on any atom is -0.398 e. The largest absolute Gasteiger partial charge is 0.398 e. The Bertz CT molecular complexity index is 2660. The first kappa shape index (κ1) is 40.3. The normalized spacial score (nSPS) is 11.3. The number of ketones is 1. The fourth-order valence-electron chi connectivity index (χ4n) is 7.04. The van der Waals surface area contributed by atoms with Gasteiger partial charge in [-0.05, 0) is 78.6 Å². The monoisotopic (exact) mass is 752 g/mol. The van der Waals surface area contributed by atoms with Crippen LogP contribution in [0.1, 0.15) is 92.8 Å². The Balaban J connectivity index is 0.000000161. The molecule has 7 nitrogen and oxygen atoms in total. The third-order valence-electron chi connectivity index (χ3n) is 10.4. The molecule has 8 rings (SSSR count). The number of nitrogens with two attached hydrogens (primary N) is 1. The zero-order valence-corrected chi connectivity index (χ0v) is 34.0. The Hall–Kier alpha value is -6.34. The molecule has 0 bridgehead atoms. The molecule has 0 unspecified atom stereocenters. The Morgan fingerprint density at radius 3 is 1.37 bits per heavy atom. The van der Waals surface area contributed by atoms with Crippen LogP contribution in [0.15, 0.2) is 127 Å². The van der Waals surface area contributed by atoms with E-state index in [1.165, 1.54) is 22.3 Å². The minimum atomic E-state index is 0.0600. The molecule has 0 aliphatic carbocycles. The van der Waals surface area contributed by atoms with Crippen LogP contribution in [0.5, 0.6) is 0 Å². The van der Waals surface area contributed by atoms with Gasteiger partial charge in [0.25, 0.3) is 0 Å². The van der Waals surface area contributed by atoms with E-state index in [0.29, 0.717) is 12.1 Å². The van der Waals surface area contributed by atoms with Gasteiger partial charge in [0.1, 0.15) is 5.69 Å². The van der Waals surface area contributed by atoms with Crippen LogP contribution in [0.4, 0.5) is 11.4 Å². The summed E-state index contributed by atoms with van der Waals surface area (Å²) in [6.07, 6.45) is 8.88. The quantitative estimate of drug-likeness (QED) is 0.0681. The van der Waals surface area contributed by atoms with Gasteiger partial charge in [-0.1, -0.05) is 126 Å². The van der Waals surface area contributed by atoms with Crippen molar-refractivity contribution in [2.75, 3.05) is 5.73 Å². The summed E-state index contributed by atoms with van der Waals surface area (Å²) in [5.74, 6) is 0.0600. The lowest BCUT2D eigenvalue weighted by Crippen LogP contribution is -2.03. The van der Waals surface area contributed by atoms with Crippen molar-refractivity contribution in [2.24, 2.45) is 4.99 Å². The Kier molecular flexibility index (Phi) is 13.4. The number of pyridine rings is 4. The number of carbonyl (C=O) groups is 1. The molecule has 0 saturated heterocycles. The number of aromatic nitrogens is 4. The maximum Gasteiger partial charge on any atom is 0.180 e. The predicted molar refractivity (Wildman–Crippen MR) is 240 cm³/mol. The van der Waals surface area contributed by atoms with Crippen molar-refractivity contribution in [3.05, 3.63) is 155 Å². The number of anilines is 1. The molecule has 4 heterocycles. The minimum absolute atomic E-state index is 0.0600. The summed E-state index contributed by atoms with van der Waals surface area (Å²) >= 11 is 0. The van der Waals surface area contributed by atoms with Gasteiger partial charge in [-0.15, -0.1) is 0 Å². The highest BCUT2D eigenvalue weighted by Crippen LogP contribution is 2.29. The van der Waals surface area contributed by atoms with E-state index < -0.39 is 0 Å². The van der Waals surface area contributed by atoms with E-state index in [-0.39, 0.29) is 5.78 Å². The van der Waals surface area contributed by atoms with Crippen molar-refractivity contribution in [1.82, 2.24) is 19.9 Å². The number of nitrogens with zero attached hydrogens (tertiary/aromatic N) is 5. The summed E-state index contributed by atoms with van der Waals surface area (Å²) in [6.45, 7) is 12.6. The van der Waals surface area contributed by atoms with Gasteiger partial charge in [0, 0.05) is 46.0 Å². The lowest BCUT2D eigenvalue weighted by atomic mass is 10.0. The van der Waals surface area contributed by atoms with Crippen LogP contribution in [-0.2, 0) is 25.7 Å². The number of rotatable bonds is 9. The molecule has 8 aromatic rings. The van der Waals surface area contributed by atoms with Crippen molar-refractivity contribution in [1.29, 1.82) is 0 Å². The molecule has 0 aliphatic rings. The van der Waals surface area contributed by atoms with Gasteiger partial charge < -0.3 is 5.73 Å². The third kappa shape index (κ3) is 9.05. The fourth-order valence-corrected chi connectivity index (χ4v) is 7.04.